The van der Waals surface area contributed by atoms with Gasteiger partial charge in [-0.1, -0.05) is 5.16 Å². The van der Waals surface area contributed by atoms with Crippen molar-refractivity contribution in [2.24, 2.45) is 0 Å². The molecule has 18 heavy (non-hydrogen) atoms. The summed E-state index contributed by atoms with van der Waals surface area (Å²) in [6, 6.07) is 1.49. The molecule has 0 unspecified atom stereocenters. The molecule has 7 heteroatoms. The van der Waals surface area contributed by atoms with Crippen LogP contribution >= 0.6 is 11.8 Å². The summed E-state index contributed by atoms with van der Waals surface area (Å²) in [6.45, 7) is 1.67. The van der Waals surface area contributed by atoms with Gasteiger partial charge in [0.2, 0.25) is 0 Å². The van der Waals surface area contributed by atoms with E-state index in [4.69, 9.17) is 4.52 Å². The highest BCUT2D eigenvalue weighted by Crippen LogP contribution is 2.27. The van der Waals surface area contributed by atoms with Gasteiger partial charge in [-0.05, 0) is 31.3 Å². The van der Waals surface area contributed by atoms with E-state index in [9.17, 15) is 14.7 Å². The van der Waals surface area contributed by atoms with Gasteiger partial charge in [-0.25, -0.2) is 4.79 Å². The molecule has 1 aromatic heterocycles. The molecule has 1 aromatic rings. The number of aliphatic carboxylic acids is 1. The molecular weight excluding hydrogens is 256 g/mol. The first-order chi connectivity index (χ1) is 8.53. The van der Waals surface area contributed by atoms with Crippen molar-refractivity contribution in [2.45, 2.75) is 25.3 Å². The second-order valence-electron chi connectivity index (χ2n) is 4.28. The average molecular weight is 270 g/mol. The molecule has 0 aliphatic carbocycles. The Morgan fingerprint density at radius 3 is 2.67 bits per heavy atom. The molecule has 98 valence electrons. The van der Waals surface area contributed by atoms with Crippen molar-refractivity contribution in [3.63, 3.8) is 0 Å². The van der Waals surface area contributed by atoms with Gasteiger partial charge in [0, 0.05) is 6.07 Å². The summed E-state index contributed by atoms with van der Waals surface area (Å²) in [6.07, 6.45) is 0.852. The molecule has 1 amide bonds. The lowest BCUT2D eigenvalue weighted by Crippen LogP contribution is -2.56. The second-order valence-corrected chi connectivity index (χ2v) is 5.50. The van der Waals surface area contributed by atoms with Gasteiger partial charge in [0.05, 0.1) is 0 Å². The Hall–Kier alpha value is -1.50. The van der Waals surface area contributed by atoms with E-state index < -0.39 is 17.4 Å². The van der Waals surface area contributed by atoms with Crippen LogP contribution < -0.4 is 5.32 Å². The highest BCUT2D eigenvalue weighted by molar-refractivity contribution is 7.99. The average Bonchev–Trinajstić information content (AvgIpc) is 2.77. The minimum atomic E-state index is -1.17. The van der Waals surface area contributed by atoms with Crippen LogP contribution in [0, 0.1) is 6.92 Å². The first-order valence-corrected chi connectivity index (χ1v) is 6.76. The number of carbonyl (C=O) groups is 2. The molecule has 2 N–H and O–H groups in total. The molecule has 0 bridgehead atoms. The summed E-state index contributed by atoms with van der Waals surface area (Å²) in [7, 11) is 0. The molecule has 0 aromatic carbocycles. The van der Waals surface area contributed by atoms with E-state index in [-0.39, 0.29) is 5.69 Å². The van der Waals surface area contributed by atoms with E-state index >= 15 is 0 Å². The number of carboxylic acids is 1. The second kappa shape index (κ2) is 5.01. The van der Waals surface area contributed by atoms with Crippen molar-refractivity contribution in [1.82, 2.24) is 10.5 Å². The Kier molecular flexibility index (Phi) is 3.60. The van der Waals surface area contributed by atoms with Crippen LogP contribution in [0.25, 0.3) is 0 Å². The molecule has 0 spiro atoms. The number of aryl methyl sites for hydroxylation is 1. The van der Waals surface area contributed by atoms with Crippen LogP contribution in [-0.4, -0.2) is 39.2 Å². The number of rotatable bonds is 3. The van der Waals surface area contributed by atoms with Crippen molar-refractivity contribution >= 4 is 23.6 Å². The molecule has 2 rings (SSSR count). The van der Waals surface area contributed by atoms with E-state index in [1.165, 1.54) is 6.07 Å². The number of carboxylic acid groups (broad SMARTS) is 1. The van der Waals surface area contributed by atoms with Crippen LogP contribution in [0.2, 0.25) is 0 Å². The van der Waals surface area contributed by atoms with E-state index in [2.05, 4.69) is 10.5 Å². The predicted molar refractivity (Wildman–Crippen MR) is 65.6 cm³/mol. The number of hydrogen-bond acceptors (Lipinski definition) is 5. The molecule has 1 aliphatic rings. The van der Waals surface area contributed by atoms with E-state index in [0.717, 1.165) is 11.5 Å². The summed E-state index contributed by atoms with van der Waals surface area (Å²) < 4.78 is 4.81. The smallest absolute Gasteiger partial charge is 0.329 e. The molecule has 0 saturated carbocycles. The van der Waals surface area contributed by atoms with Crippen LogP contribution in [0.4, 0.5) is 0 Å². The van der Waals surface area contributed by atoms with E-state index in [1.54, 1.807) is 18.7 Å². The van der Waals surface area contributed by atoms with Gasteiger partial charge in [-0.15, -0.1) is 0 Å². The largest absolute Gasteiger partial charge is 0.480 e. The summed E-state index contributed by atoms with van der Waals surface area (Å²) >= 11 is 1.69. The number of amides is 1. The zero-order valence-electron chi connectivity index (χ0n) is 9.93. The fourth-order valence-corrected chi connectivity index (χ4v) is 3.06. The van der Waals surface area contributed by atoms with Crippen molar-refractivity contribution in [3.05, 3.63) is 17.5 Å². The lowest BCUT2D eigenvalue weighted by molar-refractivity contribution is -0.144. The van der Waals surface area contributed by atoms with Crippen molar-refractivity contribution in [2.75, 3.05) is 11.5 Å². The SMILES string of the molecule is Cc1cc(C(=O)NC2(C(=O)O)CCSCC2)no1. The van der Waals surface area contributed by atoms with Gasteiger partial charge in [0.25, 0.3) is 5.91 Å². The minimum Gasteiger partial charge on any atom is -0.480 e. The van der Waals surface area contributed by atoms with Crippen molar-refractivity contribution in [1.29, 1.82) is 0 Å². The van der Waals surface area contributed by atoms with E-state index in [1.807, 2.05) is 0 Å². The first kappa shape index (κ1) is 12.9. The number of nitrogens with one attached hydrogen (secondary N) is 1. The first-order valence-electron chi connectivity index (χ1n) is 5.60. The van der Waals surface area contributed by atoms with Crippen LogP contribution in [0.5, 0.6) is 0 Å². The monoisotopic (exact) mass is 270 g/mol. The molecule has 0 atom stereocenters. The lowest BCUT2D eigenvalue weighted by atomic mass is 9.92. The Bertz CT molecular complexity index is 465. The highest BCUT2D eigenvalue weighted by atomic mass is 32.2. The number of carbonyl (C=O) groups excluding carboxylic acids is 1. The van der Waals surface area contributed by atoms with Crippen LogP contribution in [0.15, 0.2) is 10.6 Å². The van der Waals surface area contributed by atoms with E-state index in [0.29, 0.717) is 18.6 Å². The highest BCUT2D eigenvalue weighted by Gasteiger charge is 2.41. The molecule has 1 fully saturated rings. The Labute approximate surface area is 108 Å². The topological polar surface area (TPSA) is 92.4 Å². The number of nitrogens with zero attached hydrogens (tertiary/aromatic N) is 1. The van der Waals surface area contributed by atoms with Gasteiger partial charge in [0.1, 0.15) is 11.3 Å². The zero-order chi connectivity index (χ0) is 13.2. The fourth-order valence-electron chi connectivity index (χ4n) is 1.87. The summed E-state index contributed by atoms with van der Waals surface area (Å²) in [5.74, 6) is 0.482. The summed E-state index contributed by atoms with van der Waals surface area (Å²) in [5, 5.41) is 15.5. The van der Waals surface area contributed by atoms with Crippen LogP contribution in [-0.2, 0) is 4.79 Å². The Morgan fingerprint density at radius 1 is 1.50 bits per heavy atom. The third-order valence-corrected chi connectivity index (χ3v) is 3.95. The maximum absolute atomic E-state index is 11.9. The van der Waals surface area contributed by atoms with Crippen LogP contribution in [0.1, 0.15) is 29.1 Å². The number of hydrogen-bond donors (Lipinski definition) is 2. The zero-order valence-corrected chi connectivity index (χ0v) is 10.7. The maximum atomic E-state index is 11.9. The van der Waals surface area contributed by atoms with Gasteiger partial charge >= 0.3 is 5.97 Å². The van der Waals surface area contributed by atoms with Crippen LogP contribution in [0.3, 0.4) is 0 Å². The van der Waals surface area contributed by atoms with Gasteiger partial charge < -0.3 is 14.9 Å². The molecular formula is C11H14N2O4S. The standard InChI is InChI=1S/C11H14N2O4S/c1-7-6-8(13-17-7)9(14)12-11(10(15)16)2-4-18-5-3-11/h6H,2-5H2,1H3,(H,12,14)(H,15,16). The molecule has 1 saturated heterocycles. The van der Waals surface area contributed by atoms with Gasteiger partial charge in [-0.3, -0.25) is 4.79 Å². The molecule has 6 nitrogen and oxygen atoms in total. The summed E-state index contributed by atoms with van der Waals surface area (Å²) in [4.78, 5) is 23.3. The number of thioether (sulfide) groups is 1. The molecule has 1 aliphatic heterocycles. The van der Waals surface area contributed by atoms with Gasteiger partial charge in [-0.2, -0.15) is 11.8 Å². The van der Waals surface area contributed by atoms with Gasteiger partial charge in [0.15, 0.2) is 5.69 Å². The fraction of sp³-hybridized carbons (Fsp3) is 0.545. The third kappa shape index (κ3) is 2.50. The normalized spacial score (nSPS) is 18.3. The minimum absolute atomic E-state index is 0.117. The molecule has 0 radical (unpaired) electrons. The Morgan fingerprint density at radius 2 is 2.17 bits per heavy atom. The summed E-state index contributed by atoms with van der Waals surface area (Å²) in [5.41, 5.74) is -1.05. The quantitative estimate of drug-likeness (QED) is 0.853. The number of aromatic nitrogens is 1. The maximum Gasteiger partial charge on any atom is 0.329 e. The third-order valence-electron chi connectivity index (χ3n) is 2.97. The molecule has 2 heterocycles. The predicted octanol–water partition coefficient (Wildman–Crippen LogP) is 1.06. The Balaban J connectivity index is 2.14. The van der Waals surface area contributed by atoms with Crippen molar-refractivity contribution in [3.8, 4) is 0 Å². The lowest BCUT2D eigenvalue weighted by Gasteiger charge is -2.33. The van der Waals surface area contributed by atoms with Crippen molar-refractivity contribution < 1.29 is 19.2 Å².